The second kappa shape index (κ2) is 11.9. The number of benzene rings is 2. The summed E-state index contributed by atoms with van der Waals surface area (Å²) >= 11 is 0.787. The Labute approximate surface area is 221 Å². The maximum Gasteiger partial charge on any atom is 0.273 e. The molecule has 3 aromatic rings. The summed E-state index contributed by atoms with van der Waals surface area (Å²) in [5, 5.41) is 3.00. The molecule has 1 atom stereocenters. The number of aryl methyl sites for hydroxylation is 1. The molecule has 1 heterocycles. The van der Waals surface area contributed by atoms with E-state index in [0.717, 1.165) is 29.2 Å². The van der Waals surface area contributed by atoms with Gasteiger partial charge in [0.25, 0.3) is 11.8 Å². The third kappa shape index (κ3) is 6.45. The lowest BCUT2D eigenvalue weighted by Crippen LogP contribution is -2.44. The van der Waals surface area contributed by atoms with Crippen molar-refractivity contribution in [1.29, 1.82) is 0 Å². The maximum absolute atomic E-state index is 14.1. The van der Waals surface area contributed by atoms with Crippen LogP contribution in [0.3, 0.4) is 0 Å². The standard InChI is InChI=1S/C27H34N6O3S/c1-16(2)13-14-30-26(35)23(18-9-11-19(12-10-18)32(4)5)33(20-8-6-7-17(3)15-20)27(36)24-21(28)22(25(29)34)31-37-24/h6-12,15-16,23H,13-14,28H2,1-5H3,(H2,29,34)(H,30,35). The van der Waals surface area contributed by atoms with Crippen LogP contribution in [0.5, 0.6) is 0 Å². The van der Waals surface area contributed by atoms with Gasteiger partial charge in [0, 0.05) is 32.0 Å². The molecule has 0 radical (unpaired) electrons. The van der Waals surface area contributed by atoms with E-state index < -0.39 is 17.9 Å². The highest BCUT2D eigenvalue weighted by Gasteiger charge is 2.36. The Morgan fingerprint density at radius 3 is 2.27 bits per heavy atom. The number of anilines is 3. The first kappa shape index (κ1) is 27.7. The lowest BCUT2D eigenvalue weighted by atomic mass is 10.0. The topological polar surface area (TPSA) is 135 Å². The number of aromatic nitrogens is 1. The first-order valence-corrected chi connectivity index (χ1v) is 12.8. The minimum absolute atomic E-state index is 0.0419. The summed E-state index contributed by atoms with van der Waals surface area (Å²) in [6, 6.07) is 13.8. The number of carbonyl (C=O) groups is 3. The van der Waals surface area contributed by atoms with Crippen LogP contribution >= 0.6 is 11.5 Å². The highest BCUT2D eigenvalue weighted by molar-refractivity contribution is 7.09. The van der Waals surface area contributed by atoms with Gasteiger partial charge in [0.05, 0.1) is 5.69 Å². The smallest absolute Gasteiger partial charge is 0.273 e. The number of hydrogen-bond donors (Lipinski definition) is 3. The van der Waals surface area contributed by atoms with E-state index in [-0.39, 0.29) is 22.2 Å². The second-order valence-corrected chi connectivity index (χ2v) is 10.3. The van der Waals surface area contributed by atoms with Crippen LogP contribution in [-0.2, 0) is 4.79 Å². The molecule has 0 saturated heterocycles. The van der Waals surface area contributed by atoms with Crippen molar-refractivity contribution in [3.8, 4) is 0 Å². The Morgan fingerprint density at radius 1 is 1.05 bits per heavy atom. The summed E-state index contributed by atoms with van der Waals surface area (Å²) in [5.41, 5.74) is 14.3. The van der Waals surface area contributed by atoms with Crippen LogP contribution in [0, 0.1) is 12.8 Å². The zero-order valence-electron chi connectivity index (χ0n) is 21.8. The van der Waals surface area contributed by atoms with Gasteiger partial charge in [0.1, 0.15) is 10.9 Å². The Kier molecular flexibility index (Phi) is 8.88. The fourth-order valence-electron chi connectivity index (χ4n) is 3.85. The van der Waals surface area contributed by atoms with Gasteiger partial charge in [-0.1, -0.05) is 38.1 Å². The monoisotopic (exact) mass is 522 g/mol. The number of nitrogen functional groups attached to an aromatic ring is 1. The fraction of sp³-hybridized carbons (Fsp3) is 0.333. The predicted molar refractivity (Wildman–Crippen MR) is 149 cm³/mol. The van der Waals surface area contributed by atoms with E-state index in [1.807, 2.05) is 68.4 Å². The Morgan fingerprint density at radius 2 is 1.73 bits per heavy atom. The van der Waals surface area contributed by atoms with Gasteiger partial charge in [-0.25, -0.2) is 0 Å². The molecule has 3 rings (SSSR count). The lowest BCUT2D eigenvalue weighted by molar-refractivity contribution is -0.122. The zero-order chi connectivity index (χ0) is 27.3. The average molecular weight is 523 g/mol. The summed E-state index contributed by atoms with van der Waals surface area (Å²) in [5.74, 6) is -1.30. The number of carbonyl (C=O) groups excluding carboxylic acids is 3. The Balaban J connectivity index is 2.17. The predicted octanol–water partition coefficient (Wildman–Crippen LogP) is 3.75. The normalized spacial score (nSPS) is 11.7. The van der Waals surface area contributed by atoms with Gasteiger partial charge in [0.2, 0.25) is 5.91 Å². The van der Waals surface area contributed by atoms with Crippen molar-refractivity contribution < 1.29 is 14.4 Å². The Bertz CT molecular complexity index is 1270. The highest BCUT2D eigenvalue weighted by Crippen LogP contribution is 2.34. The number of rotatable bonds is 10. The second-order valence-electron chi connectivity index (χ2n) is 9.51. The maximum atomic E-state index is 14.1. The van der Waals surface area contributed by atoms with Crippen LogP contribution < -0.4 is 26.6 Å². The number of hydrogen-bond acceptors (Lipinski definition) is 7. The highest BCUT2D eigenvalue weighted by atomic mass is 32.1. The van der Waals surface area contributed by atoms with E-state index in [9.17, 15) is 14.4 Å². The summed E-state index contributed by atoms with van der Waals surface area (Å²) in [7, 11) is 3.85. The molecule has 0 aliphatic heterocycles. The van der Waals surface area contributed by atoms with Crippen molar-refractivity contribution in [2.75, 3.05) is 36.2 Å². The third-order valence-electron chi connectivity index (χ3n) is 5.91. The van der Waals surface area contributed by atoms with Gasteiger partial charge in [-0.2, -0.15) is 4.37 Å². The molecule has 0 fully saturated rings. The number of nitrogens with zero attached hydrogens (tertiary/aromatic N) is 3. The molecular weight excluding hydrogens is 488 g/mol. The molecular formula is C27H34N6O3S. The zero-order valence-corrected chi connectivity index (χ0v) is 22.6. The molecule has 2 aromatic carbocycles. The van der Waals surface area contributed by atoms with Crippen LogP contribution in [0.25, 0.3) is 0 Å². The summed E-state index contributed by atoms with van der Waals surface area (Å²) < 4.78 is 4.00. The number of amides is 3. The number of primary amides is 1. The molecule has 1 aromatic heterocycles. The van der Waals surface area contributed by atoms with Crippen molar-refractivity contribution in [3.05, 3.63) is 70.2 Å². The SMILES string of the molecule is Cc1cccc(N(C(=O)c2snc(C(N)=O)c2N)C(C(=O)NCCC(C)C)c2ccc(N(C)C)cc2)c1. The van der Waals surface area contributed by atoms with Crippen LogP contribution in [0.1, 0.15) is 57.6 Å². The molecule has 0 aliphatic carbocycles. The molecule has 10 heteroatoms. The minimum Gasteiger partial charge on any atom is -0.395 e. The Hall–Kier alpha value is -3.92. The van der Waals surface area contributed by atoms with E-state index in [1.54, 1.807) is 6.07 Å². The van der Waals surface area contributed by atoms with Crippen LogP contribution in [0.4, 0.5) is 17.1 Å². The van der Waals surface area contributed by atoms with E-state index in [2.05, 4.69) is 23.5 Å². The first-order chi connectivity index (χ1) is 17.5. The molecule has 37 heavy (non-hydrogen) atoms. The van der Waals surface area contributed by atoms with Crippen LogP contribution in [-0.4, -0.2) is 42.7 Å². The van der Waals surface area contributed by atoms with Gasteiger partial charge in [-0.3, -0.25) is 19.3 Å². The van der Waals surface area contributed by atoms with E-state index in [0.29, 0.717) is 23.7 Å². The van der Waals surface area contributed by atoms with Gasteiger partial charge in [0.15, 0.2) is 5.69 Å². The first-order valence-electron chi connectivity index (χ1n) is 12.0. The third-order valence-corrected chi connectivity index (χ3v) is 6.76. The van der Waals surface area contributed by atoms with E-state index in [4.69, 9.17) is 11.5 Å². The molecule has 3 amide bonds. The number of nitrogens with two attached hydrogens (primary N) is 2. The van der Waals surface area contributed by atoms with Crippen molar-refractivity contribution in [3.63, 3.8) is 0 Å². The lowest BCUT2D eigenvalue weighted by Gasteiger charge is -2.32. The van der Waals surface area contributed by atoms with Crippen molar-refractivity contribution in [2.45, 2.75) is 33.2 Å². The molecule has 0 saturated carbocycles. The summed E-state index contributed by atoms with van der Waals surface area (Å²) in [6.07, 6.45) is 0.792. The van der Waals surface area contributed by atoms with Gasteiger partial charge in [-0.05, 0) is 66.2 Å². The minimum atomic E-state index is -1.00. The van der Waals surface area contributed by atoms with E-state index in [1.165, 1.54) is 4.90 Å². The van der Waals surface area contributed by atoms with Gasteiger partial charge in [-0.15, -0.1) is 0 Å². The van der Waals surface area contributed by atoms with Crippen molar-refractivity contribution >= 4 is 46.3 Å². The van der Waals surface area contributed by atoms with E-state index >= 15 is 0 Å². The molecule has 1 unspecified atom stereocenters. The summed E-state index contributed by atoms with van der Waals surface area (Å²) in [4.78, 5) is 43.0. The molecule has 9 nitrogen and oxygen atoms in total. The number of nitrogens with one attached hydrogen (secondary N) is 1. The molecule has 5 N–H and O–H groups in total. The van der Waals surface area contributed by atoms with Crippen molar-refractivity contribution in [1.82, 2.24) is 9.69 Å². The fourth-order valence-corrected chi connectivity index (χ4v) is 4.60. The largest absolute Gasteiger partial charge is 0.395 e. The van der Waals surface area contributed by atoms with Crippen molar-refractivity contribution in [2.24, 2.45) is 11.7 Å². The van der Waals surface area contributed by atoms with Gasteiger partial charge >= 0.3 is 0 Å². The van der Waals surface area contributed by atoms with Crippen LogP contribution in [0.15, 0.2) is 48.5 Å². The van der Waals surface area contributed by atoms with Gasteiger partial charge < -0.3 is 21.7 Å². The molecule has 196 valence electrons. The molecule has 0 bridgehead atoms. The quantitative estimate of drug-likeness (QED) is 0.371. The summed E-state index contributed by atoms with van der Waals surface area (Å²) in [6.45, 7) is 6.53. The molecule has 0 spiro atoms. The molecule has 0 aliphatic rings. The van der Waals surface area contributed by atoms with Crippen LogP contribution in [0.2, 0.25) is 0 Å². The average Bonchev–Trinajstić information content (AvgIpc) is 3.23.